The first-order chi connectivity index (χ1) is 9.67. The van der Waals surface area contributed by atoms with Crippen LogP contribution in [-0.4, -0.2) is 22.5 Å². The summed E-state index contributed by atoms with van der Waals surface area (Å²) in [6.07, 6.45) is 1.73. The molecule has 2 heterocycles. The number of carbonyl (C=O) groups is 1. The molecule has 0 aliphatic carbocycles. The Labute approximate surface area is 119 Å². The minimum absolute atomic E-state index is 0.113. The van der Waals surface area contributed by atoms with E-state index in [0.29, 0.717) is 5.69 Å². The molecule has 0 amide bonds. The smallest absolute Gasteiger partial charge is 0.194 e. The third-order valence-corrected chi connectivity index (χ3v) is 3.88. The number of rotatable bonds is 4. The molecule has 0 aliphatic rings. The Kier molecular flexibility index (Phi) is 3.15. The van der Waals surface area contributed by atoms with Crippen LogP contribution in [0.3, 0.4) is 0 Å². The van der Waals surface area contributed by atoms with Gasteiger partial charge in [-0.1, -0.05) is 0 Å². The van der Waals surface area contributed by atoms with Crippen LogP contribution in [0.1, 0.15) is 5.69 Å². The van der Waals surface area contributed by atoms with E-state index >= 15 is 0 Å². The second-order valence-corrected chi connectivity index (χ2v) is 5.12. The fourth-order valence-electron chi connectivity index (χ4n) is 2.01. The lowest BCUT2D eigenvalue weighted by Gasteiger charge is -2.01. The van der Waals surface area contributed by atoms with Gasteiger partial charge in [0.2, 0.25) is 0 Å². The summed E-state index contributed by atoms with van der Waals surface area (Å²) in [7, 11) is 1.62. The molecular formula is C14H11N2O3S-. The van der Waals surface area contributed by atoms with E-state index in [1.165, 1.54) is 11.3 Å². The highest BCUT2D eigenvalue weighted by atomic mass is 32.1. The largest absolute Gasteiger partial charge is 0.550 e. The van der Waals surface area contributed by atoms with Crippen molar-refractivity contribution < 1.29 is 14.6 Å². The van der Waals surface area contributed by atoms with Crippen LogP contribution < -0.4 is 9.84 Å². The number of nitrogens with zero attached hydrogens (tertiary/aromatic N) is 2. The summed E-state index contributed by atoms with van der Waals surface area (Å²) in [6.45, 7) is 0. The molecule has 6 heteroatoms. The second kappa shape index (κ2) is 4.97. The minimum atomic E-state index is -1.09. The standard InChI is InChI=1S/C14H12N2O3S/c1-19-11-4-2-9(3-5-11)12-7-16-10(6-13(17)18)8-20-14(16)15-12/h2-5,7-8H,6H2,1H3,(H,17,18)/p-1. The second-order valence-electron chi connectivity index (χ2n) is 4.28. The van der Waals surface area contributed by atoms with Crippen LogP contribution in [0, 0.1) is 0 Å². The van der Waals surface area contributed by atoms with Crippen LogP contribution >= 0.6 is 11.3 Å². The van der Waals surface area contributed by atoms with Crippen molar-refractivity contribution in [1.82, 2.24) is 9.38 Å². The molecule has 0 saturated heterocycles. The Balaban J connectivity index is 1.99. The maximum atomic E-state index is 10.7. The first-order valence-corrected chi connectivity index (χ1v) is 6.85. The molecule has 3 rings (SSSR count). The number of hydrogen-bond donors (Lipinski definition) is 0. The summed E-state index contributed by atoms with van der Waals surface area (Å²) in [5, 5.41) is 12.5. The van der Waals surface area contributed by atoms with Gasteiger partial charge in [-0.2, -0.15) is 0 Å². The normalized spacial score (nSPS) is 10.8. The molecule has 0 saturated carbocycles. The molecule has 0 unspecified atom stereocenters. The molecule has 102 valence electrons. The first kappa shape index (κ1) is 12.7. The lowest BCUT2D eigenvalue weighted by Crippen LogP contribution is -2.24. The van der Waals surface area contributed by atoms with E-state index in [-0.39, 0.29) is 6.42 Å². The zero-order valence-corrected chi connectivity index (χ0v) is 11.5. The molecule has 5 nitrogen and oxygen atoms in total. The zero-order valence-electron chi connectivity index (χ0n) is 10.7. The maximum Gasteiger partial charge on any atom is 0.194 e. The highest BCUT2D eigenvalue weighted by Gasteiger charge is 2.09. The monoisotopic (exact) mass is 287 g/mol. The van der Waals surface area contributed by atoms with E-state index in [4.69, 9.17) is 4.74 Å². The van der Waals surface area contributed by atoms with Crippen molar-refractivity contribution in [2.45, 2.75) is 6.42 Å². The van der Waals surface area contributed by atoms with Crippen LogP contribution in [0.2, 0.25) is 0 Å². The molecule has 0 atom stereocenters. The summed E-state index contributed by atoms with van der Waals surface area (Å²) in [5.74, 6) is -0.309. The summed E-state index contributed by atoms with van der Waals surface area (Å²) >= 11 is 1.42. The molecule has 20 heavy (non-hydrogen) atoms. The molecule has 0 spiro atoms. The van der Waals surface area contributed by atoms with Gasteiger partial charge in [-0.3, -0.25) is 4.40 Å². The molecule has 0 bridgehead atoms. The quantitative estimate of drug-likeness (QED) is 0.726. The van der Waals surface area contributed by atoms with Gasteiger partial charge in [-0.25, -0.2) is 4.98 Å². The van der Waals surface area contributed by atoms with Crippen LogP contribution in [0.15, 0.2) is 35.8 Å². The highest BCUT2D eigenvalue weighted by Crippen LogP contribution is 2.25. The number of hydrogen-bond acceptors (Lipinski definition) is 5. The van der Waals surface area contributed by atoms with E-state index in [0.717, 1.165) is 22.0 Å². The van der Waals surface area contributed by atoms with Gasteiger partial charge in [0.05, 0.1) is 12.8 Å². The number of thiazole rings is 1. The molecule has 0 radical (unpaired) electrons. The number of aromatic nitrogens is 2. The average Bonchev–Trinajstić information content (AvgIpc) is 3.01. The van der Waals surface area contributed by atoms with Crippen LogP contribution in [0.4, 0.5) is 0 Å². The number of imidazole rings is 1. The summed E-state index contributed by atoms with van der Waals surface area (Å²) in [5.41, 5.74) is 2.44. The number of aliphatic carboxylic acids is 1. The fourth-order valence-corrected chi connectivity index (χ4v) is 2.88. The topological polar surface area (TPSA) is 66.7 Å². The van der Waals surface area contributed by atoms with Gasteiger partial charge in [-0.05, 0) is 24.3 Å². The minimum Gasteiger partial charge on any atom is -0.550 e. The van der Waals surface area contributed by atoms with Crippen LogP contribution in [-0.2, 0) is 11.2 Å². The Morgan fingerprint density at radius 1 is 1.40 bits per heavy atom. The first-order valence-electron chi connectivity index (χ1n) is 5.97. The van der Waals surface area contributed by atoms with Gasteiger partial charge in [0.1, 0.15) is 5.75 Å². The van der Waals surface area contributed by atoms with E-state index in [1.807, 2.05) is 30.5 Å². The Hall–Kier alpha value is -2.34. The molecule has 0 aliphatic heterocycles. The summed E-state index contributed by atoms with van der Waals surface area (Å²) < 4.78 is 6.91. The van der Waals surface area contributed by atoms with Crippen molar-refractivity contribution in [1.29, 1.82) is 0 Å². The van der Waals surface area contributed by atoms with E-state index in [9.17, 15) is 9.90 Å². The van der Waals surface area contributed by atoms with Crippen molar-refractivity contribution in [3.63, 3.8) is 0 Å². The Bertz CT molecular complexity index is 758. The van der Waals surface area contributed by atoms with Gasteiger partial charge < -0.3 is 14.6 Å². The number of carbonyl (C=O) groups excluding carboxylic acids is 1. The molecule has 0 fully saturated rings. The van der Waals surface area contributed by atoms with Crippen molar-refractivity contribution in [3.05, 3.63) is 41.5 Å². The predicted octanol–water partition coefficient (Wildman–Crippen LogP) is 1.36. The maximum absolute atomic E-state index is 10.7. The van der Waals surface area contributed by atoms with Gasteiger partial charge in [0.15, 0.2) is 4.96 Å². The van der Waals surface area contributed by atoms with Crippen LogP contribution in [0.5, 0.6) is 5.75 Å². The summed E-state index contributed by atoms with van der Waals surface area (Å²) in [4.78, 5) is 16.0. The lowest BCUT2D eigenvalue weighted by atomic mass is 10.2. The number of ether oxygens (including phenoxy) is 1. The van der Waals surface area contributed by atoms with Crippen molar-refractivity contribution in [2.75, 3.05) is 7.11 Å². The molecular weight excluding hydrogens is 276 g/mol. The zero-order chi connectivity index (χ0) is 14.1. The highest BCUT2D eigenvalue weighted by molar-refractivity contribution is 7.15. The molecule has 2 aromatic heterocycles. The number of carboxylic acids is 1. The third kappa shape index (κ3) is 2.25. The van der Waals surface area contributed by atoms with Crippen molar-refractivity contribution in [3.8, 4) is 17.0 Å². The van der Waals surface area contributed by atoms with Gasteiger partial charge in [0, 0.05) is 35.2 Å². The van der Waals surface area contributed by atoms with Gasteiger partial charge in [-0.15, -0.1) is 11.3 Å². The molecule has 1 aromatic carbocycles. The van der Waals surface area contributed by atoms with Crippen LogP contribution in [0.25, 0.3) is 16.2 Å². The number of benzene rings is 1. The molecule has 3 aromatic rings. The average molecular weight is 287 g/mol. The number of fused-ring (bicyclic) bond motifs is 1. The number of methoxy groups -OCH3 is 1. The van der Waals surface area contributed by atoms with Gasteiger partial charge in [0.25, 0.3) is 0 Å². The Morgan fingerprint density at radius 2 is 2.15 bits per heavy atom. The van der Waals surface area contributed by atoms with E-state index < -0.39 is 5.97 Å². The summed E-state index contributed by atoms with van der Waals surface area (Å²) in [6, 6.07) is 7.57. The SMILES string of the molecule is COc1ccc(-c2cn3c(CC(=O)[O-])csc3n2)cc1. The van der Waals surface area contributed by atoms with E-state index in [2.05, 4.69) is 4.98 Å². The van der Waals surface area contributed by atoms with Crippen molar-refractivity contribution in [2.24, 2.45) is 0 Å². The molecule has 0 N–H and O–H groups in total. The third-order valence-electron chi connectivity index (χ3n) is 2.99. The van der Waals surface area contributed by atoms with E-state index in [1.54, 1.807) is 16.9 Å². The van der Waals surface area contributed by atoms with Crippen molar-refractivity contribution >= 4 is 22.3 Å². The van der Waals surface area contributed by atoms with Gasteiger partial charge >= 0.3 is 0 Å². The number of carboxylic acid groups (broad SMARTS) is 1. The Morgan fingerprint density at radius 3 is 2.80 bits per heavy atom. The predicted molar refractivity (Wildman–Crippen MR) is 73.8 cm³/mol. The lowest BCUT2D eigenvalue weighted by molar-refractivity contribution is -0.304. The fraction of sp³-hybridized carbons (Fsp3) is 0.143.